The second-order valence-electron chi connectivity index (χ2n) is 9.56. The first-order chi connectivity index (χ1) is 16.1. The average Bonchev–Trinajstić information content (AvgIpc) is 2.84. The van der Waals surface area contributed by atoms with Crippen molar-refractivity contribution < 1.29 is 5.11 Å². The number of aromatic nitrogens is 5. The van der Waals surface area contributed by atoms with Crippen molar-refractivity contribution in [1.82, 2.24) is 25.1 Å². The monoisotopic (exact) mass is 454 g/mol. The van der Waals surface area contributed by atoms with Gasteiger partial charge in [-0.25, -0.2) is 9.97 Å². The normalized spacial score (nSPS) is 13.6. The molecule has 1 aromatic carbocycles. The smallest absolute Gasteiger partial charge is 0.219 e. The van der Waals surface area contributed by atoms with E-state index in [9.17, 15) is 5.11 Å². The van der Waals surface area contributed by atoms with Crippen LogP contribution in [0.2, 0.25) is 0 Å². The zero-order chi connectivity index (χ0) is 24.5. The fourth-order valence-electron chi connectivity index (χ4n) is 3.94. The molecule has 7 heteroatoms. The number of pyridine rings is 1. The Labute approximate surface area is 200 Å². The lowest BCUT2D eigenvalue weighted by Crippen LogP contribution is -2.31. The van der Waals surface area contributed by atoms with E-state index < -0.39 is 5.60 Å². The molecule has 0 fully saturated rings. The van der Waals surface area contributed by atoms with Crippen LogP contribution in [0.25, 0.3) is 22.4 Å². The molecular formula is C27H30N6O. The Kier molecular flexibility index (Phi) is 6.15. The maximum absolute atomic E-state index is 10.1. The maximum atomic E-state index is 10.1. The summed E-state index contributed by atoms with van der Waals surface area (Å²) in [5.41, 5.74) is 10.5. The molecule has 3 heterocycles. The first kappa shape index (κ1) is 23.4. The van der Waals surface area contributed by atoms with Crippen molar-refractivity contribution >= 4 is 5.95 Å². The highest BCUT2D eigenvalue weighted by molar-refractivity contribution is 5.63. The van der Waals surface area contributed by atoms with Gasteiger partial charge in [0, 0.05) is 35.1 Å². The molecule has 0 saturated heterocycles. The second kappa shape index (κ2) is 8.91. The van der Waals surface area contributed by atoms with E-state index in [0.717, 1.165) is 22.4 Å². The molecule has 0 bridgehead atoms. The van der Waals surface area contributed by atoms with Gasteiger partial charge in [0.2, 0.25) is 5.95 Å². The molecule has 1 unspecified atom stereocenters. The summed E-state index contributed by atoms with van der Waals surface area (Å²) in [6.45, 7) is 10.0. The molecule has 4 aromatic rings. The standard InChI is InChI=1S/C27H30N6O/c1-17(2)27(5,21-9-6-18(7-10-21)20-15-30-25(28)31-16-20)24-12-8-19(14-29-24)22-11-13-23(33-32-22)26(3,4)34/h6-17,34H,1-5H3,(H2,28,30,31). The molecule has 0 radical (unpaired) electrons. The van der Waals surface area contributed by atoms with E-state index in [-0.39, 0.29) is 11.4 Å². The number of anilines is 1. The van der Waals surface area contributed by atoms with E-state index >= 15 is 0 Å². The van der Waals surface area contributed by atoms with Crippen LogP contribution in [0.3, 0.4) is 0 Å². The van der Waals surface area contributed by atoms with Gasteiger partial charge in [-0.1, -0.05) is 38.1 Å². The number of nitrogen functional groups attached to an aromatic ring is 1. The highest BCUT2D eigenvalue weighted by Gasteiger charge is 2.34. The summed E-state index contributed by atoms with van der Waals surface area (Å²) >= 11 is 0. The van der Waals surface area contributed by atoms with Gasteiger partial charge in [0.1, 0.15) is 5.60 Å². The Bertz CT molecular complexity index is 1250. The van der Waals surface area contributed by atoms with Crippen LogP contribution in [0.5, 0.6) is 0 Å². The van der Waals surface area contributed by atoms with Gasteiger partial charge in [-0.3, -0.25) is 4.98 Å². The van der Waals surface area contributed by atoms with Crippen LogP contribution in [0.1, 0.15) is 51.6 Å². The number of nitrogens with zero attached hydrogens (tertiary/aromatic N) is 5. The summed E-state index contributed by atoms with van der Waals surface area (Å²) in [7, 11) is 0. The molecule has 34 heavy (non-hydrogen) atoms. The van der Waals surface area contributed by atoms with Crippen LogP contribution < -0.4 is 5.73 Å². The molecule has 0 aliphatic rings. The summed E-state index contributed by atoms with van der Waals surface area (Å²) in [5.74, 6) is 0.573. The van der Waals surface area contributed by atoms with Gasteiger partial charge in [-0.05, 0) is 62.1 Å². The van der Waals surface area contributed by atoms with Gasteiger partial charge < -0.3 is 10.8 Å². The van der Waals surface area contributed by atoms with Gasteiger partial charge in [-0.2, -0.15) is 10.2 Å². The minimum absolute atomic E-state index is 0.265. The number of rotatable bonds is 6. The van der Waals surface area contributed by atoms with Gasteiger partial charge >= 0.3 is 0 Å². The first-order valence-corrected chi connectivity index (χ1v) is 11.3. The van der Waals surface area contributed by atoms with Crippen LogP contribution >= 0.6 is 0 Å². The van der Waals surface area contributed by atoms with Crippen molar-refractivity contribution in [3.8, 4) is 22.4 Å². The predicted molar refractivity (Wildman–Crippen MR) is 134 cm³/mol. The van der Waals surface area contributed by atoms with E-state index in [1.165, 1.54) is 5.56 Å². The quantitative estimate of drug-likeness (QED) is 0.432. The molecule has 1 atom stereocenters. The third-order valence-corrected chi connectivity index (χ3v) is 6.53. The van der Waals surface area contributed by atoms with Crippen molar-refractivity contribution in [2.45, 2.75) is 45.6 Å². The number of hydrogen-bond donors (Lipinski definition) is 2. The van der Waals surface area contributed by atoms with E-state index in [1.54, 1.807) is 32.3 Å². The summed E-state index contributed by atoms with van der Waals surface area (Å²) < 4.78 is 0. The Hall–Kier alpha value is -3.71. The fraction of sp³-hybridized carbons (Fsp3) is 0.296. The Morgan fingerprint density at radius 3 is 1.79 bits per heavy atom. The maximum Gasteiger partial charge on any atom is 0.219 e. The lowest BCUT2D eigenvalue weighted by atomic mass is 9.70. The Balaban J connectivity index is 1.63. The molecular weight excluding hydrogens is 424 g/mol. The van der Waals surface area contributed by atoms with Crippen molar-refractivity contribution in [1.29, 1.82) is 0 Å². The molecule has 0 saturated carbocycles. The third kappa shape index (κ3) is 4.52. The number of aliphatic hydroxyl groups is 1. The highest BCUT2D eigenvalue weighted by atomic mass is 16.3. The van der Waals surface area contributed by atoms with Crippen LogP contribution in [-0.4, -0.2) is 30.3 Å². The van der Waals surface area contributed by atoms with Crippen LogP contribution in [0.15, 0.2) is 67.1 Å². The van der Waals surface area contributed by atoms with Crippen molar-refractivity contribution in [2.75, 3.05) is 5.73 Å². The molecule has 0 spiro atoms. The van der Waals surface area contributed by atoms with Crippen molar-refractivity contribution in [3.63, 3.8) is 0 Å². The summed E-state index contributed by atoms with van der Waals surface area (Å²) in [6, 6.07) is 16.2. The molecule has 0 aliphatic carbocycles. The number of benzene rings is 1. The van der Waals surface area contributed by atoms with Crippen LogP contribution in [-0.2, 0) is 11.0 Å². The van der Waals surface area contributed by atoms with Gasteiger partial charge in [0.25, 0.3) is 0 Å². The number of hydrogen-bond acceptors (Lipinski definition) is 7. The minimum atomic E-state index is -1.02. The summed E-state index contributed by atoms with van der Waals surface area (Å²) in [5, 5.41) is 18.5. The second-order valence-corrected chi connectivity index (χ2v) is 9.56. The lowest BCUT2D eigenvalue weighted by Gasteiger charge is -2.34. The lowest BCUT2D eigenvalue weighted by molar-refractivity contribution is 0.0729. The number of nitrogens with two attached hydrogens (primary N) is 1. The first-order valence-electron chi connectivity index (χ1n) is 11.3. The molecule has 7 nitrogen and oxygen atoms in total. The average molecular weight is 455 g/mol. The SMILES string of the molecule is CC(C)C(C)(c1ccc(-c2cnc(N)nc2)cc1)c1ccc(-c2ccc(C(C)(C)O)nn2)cn1. The zero-order valence-corrected chi connectivity index (χ0v) is 20.2. The molecule has 0 aliphatic heterocycles. The topological polar surface area (TPSA) is 111 Å². The molecule has 3 aromatic heterocycles. The van der Waals surface area contributed by atoms with Crippen LogP contribution in [0.4, 0.5) is 5.95 Å². The van der Waals surface area contributed by atoms with E-state index in [2.05, 4.69) is 71.3 Å². The zero-order valence-electron chi connectivity index (χ0n) is 20.2. The van der Waals surface area contributed by atoms with Gasteiger partial charge in [-0.15, -0.1) is 0 Å². The Morgan fingerprint density at radius 1 is 0.706 bits per heavy atom. The molecule has 0 amide bonds. The van der Waals surface area contributed by atoms with E-state index in [4.69, 9.17) is 10.7 Å². The van der Waals surface area contributed by atoms with Crippen molar-refractivity contribution in [2.24, 2.45) is 5.92 Å². The summed E-state index contributed by atoms with van der Waals surface area (Å²) in [6.07, 6.45) is 5.30. The third-order valence-electron chi connectivity index (χ3n) is 6.53. The molecule has 174 valence electrons. The minimum Gasteiger partial charge on any atom is -0.384 e. The van der Waals surface area contributed by atoms with Gasteiger partial charge in [0.15, 0.2) is 0 Å². The molecule has 3 N–H and O–H groups in total. The van der Waals surface area contributed by atoms with Crippen LogP contribution in [0, 0.1) is 5.92 Å². The van der Waals surface area contributed by atoms with Gasteiger partial charge in [0.05, 0.1) is 17.1 Å². The summed E-state index contributed by atoms with van der Waals surface area (Å²) in [4.78, 5) is 13.0. The molecule has 4 rings (SSSR count). The van der Waals surface area contributed by atoms with E-state index in [0.29, 0.717) is 17.3 Å². The Morgan fingerprint density at radius 2 is 1.29 bits per heavy atom. The highest BCUT2D eigenvalue weighted by Crippen LogP contribution is 2.39. The fourth-order valence-corrected chi connectivity index (χ4v) is 3.94. The van der Waals surface area contributed by atoms with E-state index in [1.807, 2.05) is 18.3 Å². The largest absolute Gasteiger partial charge is 0.384 e. The predicted octanol–water partition coefficient (Wildman–Crippen LogP) is 4.77. The van der Waals surface area contributed by atoms with Crippen molar-refractivity contribution in [3.05, 3.63) is 84.1 Å².